The van der Waals surface area contributed by atoms with Crippen molar-refractivity contribution in [2.24, 2.45) is 0 Å². The monoisotopic (exact) mass is 271 g/mol. The van der Waals surface area contributed by atoms with E-state index in [-0.39, 0.29) is 11.4 Å². The number of hydrogen-bond donors (Lipinski definition) is 1. The van der Waals surface area contributed by atoms with Gasteiger partial charge in [0, 0.05) is 5.54 Å². The second-order valence-corrected chi connectivity index (χ2v) is 5.68. The molecule has 2 heteroatoms. The van der Waals surface area contributed by atoms with Gasteiger partial charge in [0.05, 0.1) is 5.56 Å². The molecule has 0 aliphatic rings. The van der Waals surface area contributed by atoms with Crippen LogP contribution in [-0.2, 0) is 0 Å². The molecule has 0 fully saturated rings. The van der Waals surface area contributed by atoms with E-state index in [0.29, 0.717) is 0 Å². The highest BCUT2D eigenvalue weighted by molar-refractivity contribution is 6.08. The van der Waals surface area contributed by atoms with E-state index in [9.17, 15) is 4.79 Å². The van der Waals surface area contributed by atoms with Gasteiger partial charge in [0.25, 0.3) is 5.91 Å². The molecule has 0 aliphatic carbocycles. The SMILES string of the molecule is CC.Cc1ccc2ccccc2c1C(=O)NC(C)(C)C. The fourth-order valence-corrected chi connectivity index (χ4v) is 2.09. The maximum absolute atomic E-state index is 12.4. The van der Waals surface area contributed by atoms with Gasteiger partial charge >= 0.3 is 0 Å². The molecule has 2 aromatic rings. The number of fused-ring (bicyclic) bond motifs is 1. The van der Waals surface area contributed by atoms with Gasteiger partial charge in [0.15, 0.2) is 0 Å². The summed E-state index contributed by atoms with van der Waals surface area (Å²) >= 11 is 0. The second-order valence-electron chi connectivity index (χ2n) is 5.68. The lowest BCUT2D eigenvalue weighted by atomic mass is 9.98. The molecule has 2 nitrogen and oxygen atoms in total. The minimum Gasteiger partial charge on any atom is -0.347 e. The third-order valence-electron chi connectivity index (χ3n) is 2.85. The van der Waals surface area contributed by atoms with Gasteiger partial charge in [0.2, 0.25) is 0 Å². The van der Waals surface area contributed by atoms with Gasteiger partial charge in [-0.25, -0.2) is 0 Å². The van der Waals surface area contributed by atoms with E-state index in [2.05, 4.69) is 11.4 Å². The number of benzene rings is 2. The summed E-state index contributed by atoms with van der Waals surface area (Å²) in [6.07, 6.45) is 0. The number of hydrogen-bond acceptors (Lipinski definition) is 1. The zero-order valence-corrected chi connectivity index (χ0v) is 13.4. The normalized spacial score (nSPS) is 10.7. The van der Waals surface area contributed by atoms with Gasteiger partial charge in [-0.15, -0.1) is 0 Å². The van der Waals surface area contributed by atoms with Crippen molar-refractivity contribution >= 4 is 16.7 Å². The summed E-state index contributed by atoms with van der Waals surface area (Å²) in [6.45, 7) is 12.0. The van der Waals surface area contributed by atoms with E-state index in [4.69, 9.17) is 0 Å². The molecule has 0 bridgehead atoms. The van der Waals surface area contributed by atoms with Crippen molar-refractivity contribution in [3.63, 3.8) is 0 Å². The molecule has 20 heavy (non-hydrogen) atoms. The molecule has 0 atom stereocenters. The molecule has 0 saturated heterocycles. The Labute approximate surface area is 122 Å². The van der Waals surface area contributed by atoms with Crippen LogP contribution in [0.5, 0.6) is 0 Å². The number of rotatable bonds is 1. The Morgan fingerprint density at radius 1 is 1.00 bits per heavy atom. The highest BCUT2D eigenvalue weighted by Gasteiger charge is 2.18. The quantitative estimate of drug-likeness (QED) is 0.800. The Morgan fingerprint density at radius 3 is 2.20 bits per heavy atom. The molecule has 1 amide bonds. The minimum absolute atomic E-state index is 0.00296. The van der Waals surface area contributed by atoms with Crippen molar-refractivity contribution in [1.29, 1.82) is 0 Å². The number of amides is 1. The first-order valence-corrected chi connectivity index (χ1v) is 7.19. The molecule has 0 aromatic heterocycles. The van der Waals surface area contributed by atoms with Gasteiger partial charge in [-0.2, -0.15) is 0 Å². The van der Waals surface area contributed by atoms with E-state index in [1.807, 2.05) is 71.9 Å². The lowest BCUT2D eigenvalue weighted by molar-refractivity contribution is 0.0920. The molecule has 0 spiro atoms. The van der Waals surface area contributed by atoms with E-state index in [1.165, 1.54) is 0 Å². The Morgan fingerprint density at radius 2 is 1.60 bits per heavy atom. The van der Waals surface area contributed by atoms with Gasteiger partial charge in [-0.3, -0.25) is 4.79 Å². The van der Waals surface area contributed by atoms with Gasteiger partial charge < -0.3 is 5.32 Å². The average molecular weight is 271 g/mol. The molecule has 2 aromatic carbocycles. The predicted molar refractivity (Wildman–Crippen MR) is 87.3 cm³/mol. The summed E-state index contributed by atoms with van der Waals surface area (Å²) in [7, 11) is 0. The van der Waals surface area contributed by atoms with E-state index in [0.717, 1.165) is 21.9 Å². The third kappa shape index (κ3) is 3.83. The Kier molecular flexibility index (Phi) is 5.32. The molecule has 0 saturated carbocycles. The van der Waals surface area contributed by atoms with Crippen LogP contribution >= 0.6 is 0 Å². The largest absolute Gasteiger partial charge is 0.347 e. The fourth-order valence-electron chi connectivity index (χ4n) is 2.09. The summed E-state index contributed by atoms with van der Waals surface area (Å²) in [6, 6.07) is 12.0. The molecular weight excluding hydrogens is 246 g/mol. The summed E-state index contributed by atoms with van der Waals surface area (Å²) in [5, 5.41) is 5.14. The zero-order valence-electron chi connectivity index (χ0n) is 13.4. The van der Waals surface area contributed by atoms with Crippen molar-refractivity contribution in [2.45, 2.75) is 47.1 Å². The molecule has 108 valence electrons. The maximum atomic E-state index is 12.4. The smallest absolute Gasteiger partial charge is 0.252 e. The van der Waals surface area contributed by atoms with E-state index in [1.54, 1.807) is 0 Å². The Balaban J connectivity index is 0.000000956. The second kappa shape index (κ2) is 6.56. The van der Waals surface area contributed by atoms with Gasteiger partial charge in [-0.05, 0) is 44.0 Å². The van der Waals surface area contributed by atoms with Crippen LogP contribution in [0.4, 0.5) is 0 Å². The van der Waals surface area contributed by atoms with E-state index >= 15 is 0 Å². The Bertz CT molecular complexity index is 594. The molecule has 0 radical (unpaired) electrons. The minimum atomic E-state index is -0.222. The van der Waals surface area contributed by atoms with Crippen LogP contribution in [0.15, 0.2) is 36.4 Å². The van der Waals surface area contributed by atoms with Crippen LogP contribution in [0.2, 0.25) is 0 Å². The highest BCUT2D eigenvalue weighted by Crippen LogP contribution is 2.22. The van der Waals surface area contributed by atoms with E-state index < -0.39 is 0 Å². The van der Waals surface area contributed by atoms with Crippen LogP contribution in [0.3, 0.4) is 0 Å². The van der Waals surface area contributed by atoms with Gasteiger partial charge in [0.1, 0.15) is 0 Å². The van der Waals surface area contributed by atoms with Crippen molar-refractivity contribution < 1.29 is 4.79 Å². The fraction of sp³-hybridized carbons (Fsp3) is 0.389. The summed E-state index contributed by atoms with van der Waals surface area (Å²) in [5.41, 5.74) is 1.57. The maximum Gasteiger partial charge on any atom is 0.252 e. The van der Waals surface area contributed by atoms with Crippen LogP contribution in [0, 0.1) is 6.92 Å². The predicted octanol–water partition coefficient (Wildman–Crippen LogP) is 4.70. The molecule has 0 aliphatic heterocycles. The number of carbonyl (C=O) groups is 1. The number of nitrogens with one attached hydrogen (secondary N) is 1. The van der Waals surface area contributed by atoms with Crippen molar-refractivity contribution in [3.05, 3.63) is 47.5 Å². The number of carbonyl (C=O) groups excluding carboxylic acids is 1. The molecular formula is C18H25NO. The number of aryl methyl sites for hydroxylation is 1. The van der Waals surface area contributed by atoms with Crippen molar-refractivity contribution in [3.8, 4) is 0 Å². The van der Waals surface area contributed by atoms with Crippen LogP contribution in [0.1, 0.15) is 50.5 Å². The summed E-state index contributed by atoms with van der Waals surface area (Å²) in [4.78, 5) is 12.4. The van der Waals surface area contributed by atoms with Gasteiger partial charge in [-0.1, -0.05) is 50.2 Å². The van der Waals surface area contributed by atoms with Crippen LogP contribution in [0.25, 0.3) is 10.8 Å². The highest BCUT2D eigenvalue weighted by atomic mass is 16.1. The first-order chi connectivity index (χ1) is 9.38. The average Bonchev–Trinajstić information content (AvgIpc) is 2.38. The first kappa shape index (κ1) is 16.2. The Hall–Kier alpha value is -1.83. The third-order valence-corrected chi connectivity index (χ3v) is 2.85. The lowest BCUT2D eigenvalue weighted by Crippen LogP contribution is -2.40. The molecule has 1 N–H and O–H groups in total. The van der Waals surface area contributed by atoms with Crippen LogP contribution in [-0.4, -0.2) is 11.4 Å². The first-order valence-electron chi connectivity index (χ1n) is 7.19. The summed E-state index contributed by atoms with van der Waals surface area (Å²) < 4.78 is 0. The summed E-state index contributed by atoms with van der Waals surface area (Å²) in [5.74, 6) is -0.00296. The topological polar surface area (TPSA) is 29.1 Å². The standard InChI is InChI=1S/C16H19NO.C2H6/c1-11-9-10-12-7-5-6-8-13(12)14(11)15(18)17-16(2,3)4;1-2/h5-10H,1-4H3,(H,17,18);1-2H3. The van der Waals surface area contributed by atoms with Crippen LogP contribution < -0.4 is 5.32 Å². The lowest BCUT2D eigenvalue weighted by Gasteiger charge is -2.22. The molecule has 0 unspecified atom stereocenters. The van der Waals surface area contributed by atoms with Crippen molar-refractivity contribution in [2.75, 3.05) is 0 Å². The molecule has 2 rings (SSSR count). The zero-order chi connectivity index (χ0) is 15.3. The van der Waals surface area contributed by atoms with Crippen molar-refractivity contribution in [1.82, 2.24) is 5.32 Å². The molecule has 0 heterocycles.